The highest BCUT2D eigenvalue weighted by molar-refractivity contribution is 7.99. The van der Waals surface area contributed by atoms with Crippen molar-refractivity contribution < 1.29 is 9.53 Å². The van der Waals surface area contributed by atoms with Gasteiger partial charge >= 0.3 is 6.01 Å². The first-order chi connectivity index (χ1) is 6.76. The van der Waals surface area contributed by atoms with Gasteiger partial charge in [0.2, 0.25) is 11.9 Å². The van der Waals surface area contributed by atoms with Crippen LogP contribution in [0.2, 0.25) is 0 Å². The zero-order chi connectivity index (χ0) is 10.4. The molecule has 0 saturated heterocycles. The lowest BCUT2D eigenvalue weighted by Crippen LogP contribution is -2.14. The van der Waals surface area contributed by atoms with Gasteiger partial charge in [0.15, 0.2) is 0 Å². The summed E-state index contributed by atoms with van der Waals surface area (Å²) in [4.78, 5) is 15.0. The van der Waals surface area contributed by atoms with Gasteiger partial charge in [-0.25, -0.2) is 5.10 Å². The average Bonchev–Trinajstić information content (AvgIpc) is 2.53. The molecule has 1 aromatic rings. The van der Waals surface area contributed by atoms with Gasteiger partial charge in [-0.2, -0.15) is 16.7 Å². The summed E-state index contributed by atoms with van der Waals surface area (Å²) in [5, 5.41) is 8.84. The first-order valence-corrected chi connectivity index (χ1v) is 5.49. The minimum Gasteiger partial charge on any atom is -0.463 e. The number of nitrogens with zero attached hydrogens (tertiary/aromatic N) is 2. The molecule has 1 amide bonds. The first-order valence-electron chi connectivity index (χ1n) is 4.10. The third-order valence-electron chi connectivity index (χ3n) is 1.27. The van der Waals surface area contributed by atoms with Gasteiger partial charge in [-0.3, -0.25) is 10.1 Å². The molecule has 7 heteroatoms. The second-order valence-corrected chi connectivity index (χ2v) is 3.25. The summed E-state index contributed by atoms with van der Waals surface area (Å²) in [6.45, 7) is 2.33. The number of anilines is 1. The minimum atomic E-state index is -0.114. The number of carbonyl (C=O) groups is 1. The molecular weight excluding hydrogens is 204 g/mol. The van der Waals surface area contributed by atoms with Crippen LogP contribution in [0, 0.1) is 0 Å². The van der Waals surface area contributed by atoms with Gasteiger partial charge in [0.1, 0.15) is 0 Å². The Labute approximate surface area is 85.8 Å². The summed E-state index contributed by atoms with van der Waals surface area (Å²) < 4.78 is 5.02. The number of ether oxygens (including phenoxy) is 1. The highest BCUT2D eigenvalue weighted by Crippen LogP contribution is 2.05. The van der Waals surface area contributed by atoms with Gasteiger partial charge in [-0.15, -0.1) is 5.10 Å². The van der Waals surface area contributed by atoms with Gasteiger partial charge in [-0.05, 0) is 13.2 Å². The molecule has 1 aromatic heterocycles. The van der Waals surface area contributed by atoms with Crippen LogP contribution in [0.5, 0.6) is 6.01 Å². The Balaban J connectivity index is 2.46. The van der Waals surface area contributed by atoms with Gasteiger partial charge in [-0.1, -0.05) is 0 Å². The van der Waals surface area contributed by atoms with Gasteiger partial charge in [0.25, 0.3) is 0 Å². The molecule has 0 saturated carbocycles. The molecule has 0 atom stereocenters. The summed E-state index contributed by atoms with van der Waals surface area (Å²) >= 11 is 1.44. The molecular formula is C7H12N4O2S. The fraction of sp³-hybridized carbons (Fsp3) is 0.571. The van der Waals surface area contributed by atoms with Gasteiger partial charge in [0, 0.05) is 0 Å². The van der Waals surface area contributed by atoms with Crippen molar-refractivity contribution in [2.45, 2.75) is 6.92 Å². The maximum absolute atomic E-state index is 11.1. The number of hydrogen-bond acceptors (Lipinski definition) is 5. The van der Waals surface area contributed by atoms with Gasteiger partial charge in [0.05, 0.1) is 12.4 Å². The van der Waals surface area contributed by atoms with E-state index in [2.05, 4.69) is 20.5 Å². The average molecular weight is 216 g/mol. The quantitative estimate of drug-likeness (QED) is 0.749. The second kappa shape index (κ2) is 5.48. The number of aromatic amines is 1. The zero-order valence-electron chi connectivity index (χ0n) is 8.03. The smallest absolute Gasteiger partial charge is 0.337 e. The van der Waals surface area contributed by atoms with Crippen LogP contribution in [-0.4, -0.2) is 39.7 Å². The Morgan fingerprint density at radius 2 is 2.50 bits per heavy atom. The number of carbonyl (C=O) groups excluding carboxylic acids is 1. The Hall–Kier alpha value is -1.24. The molecule has 0 aliphatic heterocycles. The molecule has 78 valence electrons. The fourth-order valence-corrected chi connectivity index (χ4v) is 1.13. The SMILES string of the molecule is CCOc1n[nH]c(NC(=O)CSC)n1. The lowest BCUT2D eigenvalue weighted by Gasteiger charge is -1.97. The molecule has 1 heterocycles. The number of thioether (sulfide) groups is 1. The molecule has 0 radical (unpaired) electrons. The van der Waals surface area contributed by atoms with E-state index in [0.717, 1.165) is 0 Å². The number of nitrogens with one attached hydrogen (secondary N) is 2. The normalized spacial score (nSPS) is 9.86. The monoisotopic (exact) mass is 216 g/mol. The lowest BCUT2D eigenvalue weighted by atomic mass is 10.7. The van der Waals surface area contributed by atoms with E-state index in [9.17, 15) is 4.79 Å². The van der Waals surface area contributed by atoms with Crippen molar-refractivity contribution in [3.05, 3.63) is 0 Å². The number of H-pyrrole nitrogens is 1. The highest BCUT2D eigenvalue weighted by atomic mass is 32.2. The molecule has 0 aliphatic rings. The molecule has 6 nitrogen and oxygen atoms in total. The van der Waals surface area contributed by atoms with Crippen LogP contribution in [0.3, 0.4) is 0 Å². The van der Waals surface area contributed by atoms with Crippen molar-refractivity contribution in [2.24, 2.45) is 0 Å². The van der Waals surface area contributed by atoms with Crippen LogP contribution in [0.4, 0.5) is 5.95 Å². The summed E-state index contributed by atoms with van der Waals surface area (Å²) in [5.41, 5.74) is 0. The Morgan fingerprint density at radius 3 is 3.14 bits per heavy atom. The number of amides is 1. The second-order valence-electron chi connectivity index (χ2n) is 2.38. The van der Waals surface area contributed by atoms with E-state index >= 15 is 0 Å². The minimum absolute atomic E-state index is 0.114. The summed E-state index contributed by atoms with van der Waals surface area (Å²) in [5.74, 6) is 0.592. The van der Waals surface area contributed by atoms with Crippen molar-refractivity contribution in [3.63, 3.8) is 0 Å². The topological polar surface area (TPSA) is 79.9 Å². The van der Waals surface area contributed by atoms with E-state index in [4.69, 9.17) is 4.74 Å². The lowest BCUT2D eigenvalue weighted by molar-refractivity contribution is -0.113. The van der Waals surface area contributed by atoms with Crippen LogP contribution < -0.4 is 10.1 Å². The molecule has 2 N–H and O–H groups in total. The Kier molecular flexibility index (Phi) is 4.24. The third-order valence-corrected chi connectivity index (χ3v) is 1.82. The van der Waals surface area contributed by atoms with Crippen LogP contribution in [-0.2, 0) is 4.79 Å². The van der Waals surface area contributed by atoms with E-state index in [1.807, 2.05) is 13.2 Å². The zero-order valence-corrected chi connectivity index (χ0v) is 8.85. The third kappa shape index (κ3) is 3.25. The number of rotatable bonds is 5. The van der Waals surface area contributed by atoms with Crippen LogP contribution in [0.15, 0.2) is 0 Å². The van der Waals surface area contributed by atoms with E-state index in [1.54, 1.807) is 0 Å². The van der Waals surface area contributed by atoms with Crippen molar-refractivity contribution >= 4 is 23.6 Å². The van der Waals surface area contributed by atoms with Crippen LogP contribution >= 0.6 is 11.8 Å². The van der Waals surface area contributed by atoms with E-state index in [-0.39, 0.29) is 11.9 Å². The molecule has 0 aromatic carbocycles. The molecule has 0 unspecified atom stereocenters. The predicted molar refractivity (Wildman–Crippen MR) is 54.6 cm³/mol. The van der Waals surface area contributed by atoms with Gasteiger partial charge < -0.3 is 4.74 Å². The number of aromatic nitrogens is 3. The Morgan fingerprint density at radius 1 is 1.71 bits per heavy atom. The molecule has 14 heavy (non-hydrogen) atoms. The van der Waals surface area contributed by atoms with Crippen molar-refractivity contribution in [1.29, 1.82) is 0 Å². The predicted octanol–water partition coefficient (Wildman–Crippen LogP) is 0.505. The largest absolute Gasteiger partial charge is 0.463 e. The summed E-state index contributed by atoms with van der Waals surface area (Å²) in [7, 11) is 0. The first kappa shape index (κ1) is 10.8. The Bertz CT molecular complexity index is 302. The van der Waals surface area contributed by atoms with Crippen LogP contribution in [0.25, 0.3) is 0 Å². The maximum atomic E-state index is 11.1. The van der Waals surface area contributed by atoms with Crippen molar-refractivity contribution in [1.82, 2.24) is 15.2 Å². The molecule has 0 spiro atoms. The van der Waals surface area contributed by atoms with E-state index in [1.165, 1.54) is 11.8 Å². The molecule has 0 bridgehead atoms. The number of hydrogen-bond donors (Lipinski definition) is 2. The van der Waals surface area contributed by atoms with Crippen molar-refractivity contribution in [2.75, 3.05) is 23.9 Å². The summed E-state index contributed by atoms with van der Waals surface area (Å²) in [6.07, 6.45) is 1.85. The molecule has 0 aliphatic carbocycles. The fourth-order valence-electron chi connectivity index (χ4n) is 0.795. The maximum Gasteiger partial charge on any atom is 0.337 e. The highest BCUT2D eigenvalue weighted by Gasteiger charge is 2.06. The van der Waals surface area contributed by atoms with Crippen LogP contribution in [0.1, 0.15) is 6.92 Å². The standard InChI is InChI=1S/C7H12N4O2S/c1-3-13-7-9-6(10-11-7)8-5(12)4-14-2/h3-4H2,1-2H3,(H2,8,9,10,11,12). The molecule has 0 fully saturated rings. The summed E-state index contributed by atoms with van der Waals surface area (Å²) in [6, 6.07) is 0.243. The van der Waals surface area contributed by atoms with Crippen molar-refractivity contribution in [3.8, 4) is 6.01 Å². The van der Waals surface area contributed by atoms with E-state index in [0.29, 0.717) is 18.3 Å². The molecule has 1 rings (SSSR count). The van der Waals surface area contributed by atoms with E-state index < -0.39 is 0 Å².